The van der Waals surface area contributed by atoms with Crippen LogP contribution in [0.15, 0.2) is 35.9 Å². The van der Waals surface area contributed by atoms with Crippen molar-refractivity contribution >= 4 is 17.7 Å². The van der Waals surface area contributed by atoms with Crippen LogP contribution in [0.1, 0.15) is 112 Å². The zero-order valence-corrected chi connectivity index (χ0v) is 27.8. The van der Waals surface area contributed by atoms with Gasteiger partial charge in [0.05, 0.1) is 11.3 Å². The van der Waals surface area contributed by atoms with Crippen LogP contribution in [0, 0.1) is 62.0 Å². The molecular weight excluding hydrogens is 553 g/mol. The summed E-state index contributed by atoms with van der Waals surface area (Å²) in [5.41, 5.74) is 0.614. The number of aliphatic carboxylic acids is 1. The molecule has 4 saturated carbocycles. The molecule has 0 radical (unpaired) electrons. The summed E-state index contributed by atoms with van der Waals surface area (Å²) < 4.78 is 13.4. The van der Waals surface area contributed by atoms with E-state index in [-0.39, 0.29) is 63.5 Å². The van der Waals surface area contributed by atoms with E-state index in [9.17, 15) is 23.9 Å². The van der Waals surface area contributed by atoms with Gasteiger partial charge in [-0.15, -0.1) is 0 Å². The number of amides is 1. The monoisotopic (exact) mass is 605 g/mol. The van der Waals surface area contributed by atoms with Gasteiger partial charge in [-0.1, -0.05) is 72.2 Å². The number of Topliss-reactive ketones (excluding diaryl/α,β-unsaturated/α-hetero) is 1. The summed E-state index contributed by atoms with van der Waals surface area (Å²) in [6, 6.07) is 6.09. The minimum Gasteiger partial charge on any atom is -0.481 e. The summed E-state index contributed by atoms with van der Waals surface area (Å²) in [5, 5.41) is 13.6. The van der Waals surface area contributed by atoms with Crippen molar-refractivity contribution in [3.8, 4) is 0 Å². The normalized spacial score (nSPS) is 42.1. The van der Waals surface area contributed by atoms with Gasteiger partial charge in [-0.05, 0) is 115 Å². The summed E-state index contributed by atoms with van der Waals surface area (Å²) in [4.78, 5) is 40.7. The lowest BCUT2D eigenvalue weighted by atomic mass is 9.33. The van der Waals surface area contributed by atoms with Crippen LogP contribution in [-0.2, 0) is 20.9 Å². The molecule has 1 aromatic carbocycles. The third-order valence-corrected chi connectivity index (χ3v) is 14.5. The average Bonchev–Trinajstić information content (AvgIpc) is 2.94. The number of rotatable bonds is 4. The molecule has 2 N–H and O–H groups in total. The van der Waals surface area contributed by atoms with Crippen LogP contribution in [-0.4, -0.2) is 22.8 Å². The average molecular weight is 606 g/mol. The smallest absolute Gasteiger partial charge is 0.310 e. The third kappa shape index (κ3) is 4.31. The first-order valence-electron chi connectivity index (χ1n) is 16.9. The fourth-order valence-electron chi connectivity index (χ4n) is 11.7. The van der Waals surface area contributed by atoms with E-state index >= 15 is 0 Å². The van der Waals surface area contributed by atoms with E-state index in [2.05, 4.69) is 59.9 Å². The van der Waals surface area contributed by atoms with Gasteiger partial charge in [-0.25, -0.2) is 4.39 Å². The Bertz CT molecular complexity index is 1410. The van der Waals surface area contributed by atoms with E-state index in [1.807, 2.05) is 0 Å². The van der Waals surface area contributed by atoms with Gasteiger partial charge in [0.1, 0.15) is 5.82 Å². The Morgan fingerprint density at radius 1 is 0.909 bits per heavy atom. The third-order valence-electron chi connectivity index (χ3n) is 14.5. The lowest BCUT2D eigenvalue weighted by molar-refractivity contribution is -0.195. The molecule has 0 saturated heterocycles. The van der Waals surface area contributed by atoms with Gasteiger partial charge in [0.2, 0.25) is 5.91 Å². The minimum absolute atomic E-state index is 0.0341. The number of fused-ring (bicyclic) bond motifs is 7. The van der Waals surface area contributed by atoms with Crippen molar-refractivity contribution in [3.05, 3.63) is 47.3 Å². The molecule has 4 unspecified atom stereocenters. The number of halogens is 1. The Morgan fingerprint density at radius 3 is 2.23 bits per heavy atom. The van der Waals surface area contributed by atoms with E-state index in [0.29, 0.717) is 6.42 Å². The van der Waals surface area contributed by atoms with Crippen molar-refractivity contribution in [3.63, 3.8) is 0 Å². The van der Waals surface area contributed by atoms with Crippen LogP contribution in [0.4, 0.5) is 4.39 Å². The molecule has 8 atom stereocenters. The SMILES string of the molecule is CC1(C)CC[C@]2(C(=O)O)CC[C@]3(C)C(=CCC4[C@@]5(C)CC(C(=O)NCc6ccc(F)cc6)C(=O)C(C)(C)C5CC[C@]43C)C2C1. The van der Waals surface area contributed by atoms with E-state index in [4.69, 9.17) is 0 Å². The van der Waals surface area contributed by atoms with Gasteiger partial charge in [0.15, 0.2) is 5.78 Å². The molecule has 1 aromatic rings. The fraction of sp³-hybridized carbons (Fsp3) is 0.711. The molecule has 4 fully saturated rings. The van der Waals surface area contributed by atoms with Gasteiger partial charge < -0.3 is 10.4 Å². The van der Waals surface area contributed by atoms with E-state index in [1.54, 1.807) is 12.1 Å². The number of hydrogen-bond donors (Lipinski definition) is 2. The number of benzene rings is 1. The predicted molar refractivity (Wildman–Crippen MR) is 169 cm³/mol. The van der Waals surface area contributed by atoms with Gasteiger partial charge in [0.25, 0.3) is 0 Å². The standard InChI is InChI=1S/C38H52FNO4/c1-33(2)16-18-38(32(43)44)19-17-36(6)26(27(38)21-33)12-13-29-35(5)20-25(31(42)40-22-23-8-10-24(39)11-9-23)30(41)34(3,4)28(35)14-15-37(29,36)7/h8-12,25,27-29H,13-22H2,1-7H3,(H,40,42)(H,43,44)/t25?,27?,28?,29?,35-,36+,37+,38-/m0/s1. The molecule has 5 aliphatic rings. The second-order valence-corrected chi connectivity index (χ2v) is 17.4. The summed E-state index contributed by atoms with van der Waals surface area (Å²) in [7, 11) is 0. The first-order valence-corrected chi connectivity index (χ1v) is 16.9. The molecule has 0 bridgehead atoms. The van der Waals surface area contributed by atoms with Crippen molar-refractivity contribution in [2.24, 2.45) is 56.2 Å². The first kappa shape index (κ1) is 31.5. The number of carboxylic acids is 1. The van der Waals surface area contributed by atoms with Crippen LogP contribution < -0.4 is 5.32 Å². The Morgan fingerprint density at radius 2 is 1.57 bits per heavy atom. The maximum absolute atomic E-state index is 14.0. The molecule has 0 spiro atoms. The summed E-state index contributed by atoms with van der Waals surface area (Å²) >= 11 is 0. The summed E-state index contributed by atoms with van der Waals surface area (Å²) in [6.45, 7) is 16.2. The van der Waals surface area contributed by atoms with E-state index in [0.717, 1.165) is 56.9 Å². The highest BCUT2D eigenvalue weighted by molar-refractivity contribution is 6.04. The van der Waals surface area contributed by atoms with E-state index in [1.165, 1.54) is 17.7 Å². The largest absolute Gasteiger partial charge is 0.481 e. The highest BCUT2D eigenvalue weighted by Gasteiger charge is 2.70. The highest BCUT2D eigenvalue weighted by Crippen LogP contribution is 2.75. The number of carboxylic acid groups (broad SMARTS) is 1. The molecule has 44 heavy (non-hydrogen) atoms. The van der Waals surface area contributed by atoms with Crippen molar-refractivity contribution < 1.29 is 23.9 Å². The molecule has 6 heteroatoms. The Hall–Kier alpha value is -2.50. The van der Waals surface area contributed by atoms with Crippen LogP contribution in [0.2, 0.25) is 0 Å². The molecule has 0 aliphatic heterocycles. The number of nitrogens with one attached hydrogen (secondary N) is 1. The summed E-state index contributed by atoms with van der Waals surface area (Å²) in [5.74, 6) is -1.34. The zero-order chi connectivity index (χ0) is 32.1. The number of ketones is 1. The van der Waals surface area contributed by atoms with Gasteiger partial charge in [0, 0.05) is 12.0 Å². The lowest BCUT2D eigenvalue weighted by Crippen LogP contribution is -2.66. The number of carbonyl (C=O) groups excluding carboxylic acids is 2. The van der Waals surface area contributed by atoms with Gasteiger partial charge >= 0.3 is 5.97 Å². The minimum atomic E-state index is -0.725. The molecule has 0 aromatic heterocycles. The first-order chi connectivity index (χ1) is 20.4. The highest BCUT2D eigenvalue weighted by atomic mass is 19.1. The molecule has 240 valence electrons. The van der Waals surface area contributed by atoms with Gasteiger partial charge in [-0.2, -0.15) is 0 Å². The van der Waals surface area contributed by atoms with Crippen LogP contribution in [0.3, 0.4) is 0 Å². The Labute approximate surface area is 262 Å². The second-order valence-electron chi connectivity index (χ2n) is 17.4. The molecular formula is C38H52FNO4. The maximum Gasteiger partial charge on any atom is 0.310 e. The van der Waals surface area contributed by atoms with Crippen molar-refractivity contribution in [2.75, 3.05) is 0 Å². The maximum atomic E-state index is 14.0. The van der Waals surface area contributed by atoms with Crippen molar-refractivity contribution in [1.29, 1.82) is 0 Å². The predicted octanol–water partition coefficient (Wildman–Crippen LogP) is 8.12. The quantitative estimate of drug-likeness (QED) is 0.268. The van der Waals surface area contributed by atoms with Crippen LogP contribution in [0.5, 0.6) is 0 Å². The molecule has 1 amide bonds. The Kier molecular flexibility index (Phi) is 7.15. The van der Waals surface area contributed by atoms with Crippen LogP contribution in [0.25, 0.3) is 0 Å². The lowest BCUT2D eigenvalue weighted by Gasteiger charge is -2.70. The van der Waals surface area contributed by atoms with Gasteiger partial charge in [-0.3, -0.25) is 14.4 Å². The van der Waals surface area contributed by atoms with Crippen molar-refractivity contribution in [1.82, 2.24) is 5.32 Å². The Balaban J connectivity index is 1.35. The molecule has 6 rings (SSSR count). The number of carbonyl (C=O) groups is 3. The molecule has 5 aliphatic carbocycles. The van der Waals surface area contributed by atoms with Crippen LogP contribution >= 0.6 is 0 Å². The number of hydrogen-bond acceptors (Lipinski definition) is 3. The summed E-state index contributed by atoms with van der Waals surface area (Å²) in [6.07, 6.45) is 10.0. The van der Waals surface area contributed by atoms with Crippen molar-refractivity contribution in [2.45, 2.75) is 113 Å². The number of allylic oxidation sites excluding steroid dienone is 2. The topological polar surface area (TPSA) is 83.5 Å². The van der Waals surface area contributed by atoms with E-state index < -0.39 is 22.7 Å². The second kappa shape index (κ2) is 10.00. The molecule has 5 nitrogen and oxygen atoms in total. The fourth-order valence-corrected chi connectivity index (χ4v) is 11.7. The zero-order valence-electron chi connectivity index (χ0n) is 27.8. The molecule has 0 heterocycles.